The van der Waals surface area contributed by atoms with Crippen LogP contribution in [-0.2, 0) is 13.6 Å². The zero-order valence-electron chi connectivity index (χ0n) is 13.8. The van der Waals surface area contributed by atoms with Gasteiger partial charge in [-0.2, -0.15) is 34.6 Å². The van der Waals surface area contributed by atoms with Gasteiger partial charge in [-0.05, 0) is 27.1 Å². The van der Waals surface area contributed by atoms with E-state index in [1.54, 1.807) is 0 Å². The molecule has 0 radical (unpaired) electrons. The molecule has 0 aromatic rings. The molecule has 0 aliphatic carbocycles. The lowest BCUT2D eigenvalue weighted by molar-refractivity contribution is 0.333. The molecule has 8 nitrogen and oxygen atoms in total. The highest BCUT2D eigenvalue weighted by molar-refractivity contribution is 7.83. The maximum Gasteiger partial charge on any atom is 0.387 e. The summed E-state index contributed by atoms with van der Waals surface area (Å²) in [7, 11) is -26.8. The predicted octanol–water partition coefficient (Wildman–Crippen LogP) is 8.50. The van der Waals surface area contributed by atoms with E-state index in [0.717, 1.165) is 4.86 Å². The average molecular weight is 489 g/mol. The Morgan fingerprint density at radius 1 is 0.692 bits per heavy atom. The fraction of sp³-hybridized carbons (Fsp3) is 0.857. The summed E-state index contributed by atoms with van der Waals surface area (Å²) >= 11 is 0. The van der Waals surface area contributed by atoms with Crippen molar-refractivity contribution >= 4 is 44.9 Å². The van der Waals surface area contributed by atoms with Crippen molar-refractivity contribution in [3.63, 3.8) is 0 Å². The zero-order valence-corrected chi connectivity index (χ0v) is 18.3. The molecule has 1 heterocycles. The predicted molar refractivity (Wildman–Crippen MR) is 96.1 cm³/mol. The van der Waals surface area contributed by atoms with E-state index >= 15 is 0 Å². The number of nitrogens with zero attached hydrogens (tertiary/aromatic N) is 4. The fourth-order valence-corrected chi connectivity index (χ4v) is 12.3. The fourth-order valence-electron chi connectivity index (χ4n) is 1.51. The summed E-state index contributed by atoms with van der Waals surface area (Å²) in [5.41, 5.74) is 0. The minimum Gasteiger partial charge on any atom is -0.303 e. The van der Waals surface area contributed by atoms with Crippen LogP contribution in [0, 0.1) is 0 Å². The summed E-state index contributed by atoms with van der Waals surface area (Å²) in [6.07, 6.45) is 2.73. The molecule has 1 N–H and O–H groups in total. The van der Waals surface area contributed by atoms with E-state index in [4.69, 9.17) is 0 Å². The average Bonchev–Trinajstić information content (AvgIpc) is 2.32. The van der Waals surface area contributed by atoms with Gasteiger partial charge in [-0.15, -0.1) is 13.5 Å². The Morgan fingerprint density at radius 2 is 1.04 bits per heavy atom. The molecule has 0 aromatic carbocycles. The number of halogens is 6. The normalized spacial score (nSPS) is 40.5. The van der Waals surface area contributed by atoms with Crippen molar-refractivity contribution in [3.05, 3.63) is 0 Å². The Hall–Kier alpha value is 0.640. The van der Waals surface area contributed by atoms with Gasteiger partial charge in [0.1, 0.15) is 0 Å². The van der Waals surface area contributed by atoms with Crippen LogP contribution in [0.1, 0.15) is 20.8 Å². The van der Waals surface area contributed by atoms with Crippen molar-refractivity contribution < 1.29 is 38.8 Å². The van der Waals surface area contributed by atoms with Crippen molar-refractivity contribution in [2.24, 2.45) is 18.1 Å². The monoisotopic (exact) mass is 489 g/mol. The first-order chi connectivity index (χ1) is 11.7. The Bertz CT molecular complexity index is 798. The summed E-state index contributed by atoms with van der Waals surface area (Å²) in [6.45, 7) is 2.26. The summed E-state index contributed by atoms with van der Waals surface area (Å²) in [4.78, 5) is 1.01. The first-order valence-electron chi connectivity index (χ1n) is 6.91. The molecule has 4 atom stereocenters. The third-order valence-corrected chi connectivity index (χ3v) is 13.3. The van der Waals surface area contributed by atoms with E-state index in [0.29, 0.717) is 0 Å². The van der Waals surface area contributed by atoms with Crippen LogP contribution in [0.3, 0.4) is 0 Å². The highest BCUT2D eigenvalue weighted by Crippen LogP contribution is 2.79. The standard InChI is InChI=1S/C7H18F6N5O3P5/c1-5-19-24(11)15-22(4,8)14-23(9,10)16-25(12,20-6-2)18-26(13,17-24)21-7-3/h14H,4-7H2,1-3H3. The van der Waals surface area contributed by atoms with E-state index in [2.05, 4.69) is 37.9 Å². The van der Waals surface area contributed by atoms with Gasteiger partial charge in [0.15, 0.2) is 0 Å². The lowest BCUT2D eigenvalue weighted by atomic mass is 10.9. The molecule has 19 heteroatoms. The van der Waals surface area contributed by atoms with Crippen molar-refractivity contribution in [3.8, 4) is 0 Å². The van der Waals surface area contributed by atoms with Crippen LogP contribution >= 0.6 is 38.6 Å². The van der Waals surface area contributed by atoms with Gasteiger partial charge in [0.05, 0.1) is 19.8 Å². The Labute approximate surface area is 147 Å². The van der Waals surface area contributed by atoms with Crippen molar-refractivity contribution in [1.29, 1.82) is 0 Å². The molecule has 0 amide bonds. The number of hydrogen-bond donors (Lipinski definition) is 1. The summed E-state index contributed by atoms with van der Waals surface area (Å²) in [5, 5.41) is 0. The van der Waals surface area contributed by atoms with Gasteiger partial charge in [-0.25, -0.2) is 0 Å². The molecule has 0 fully saturated rings. The molecule has 26 heavy (non-hydrogen) atoms. The second kappa shape index (κ2) is 8.98. The first-order valence-corrected chi connectivity index (χ1v) is 14.8. The highest BCUT2D eigenvalue weighted by Gasteiger charge is 2.40. The van der Waals surface area contributed by atoms with Crippen LogP contribution < -0.4 is 4.86 Å². The van der Waals surface area contributed by atoms with Crippen molar-refractivity contribution in [2.75, 3.05) is 19.8 Å². The molecular formula is C7H18F6N5O3P5. The van der Waals surface area contributed by atoms with Crippen LogP contribution in [0.15, 0.2) is 18.1 Å². The molecule has 1 aliphatic heterocycles. The summed E-state index contributed by atoms with van der Waals surface area (Å²) in [6, 6.07) is 0. The Balaban J connectivity index is 3.97. The van der Waals surface area contributed by atoms with Crippen LogP contribution in [0.4, 0.5) is 25.2 Å². The van der Waals surface area contributed by atoms with E-state index < -0.39 is 58.4 Å². The molecule has 156 valence electrons. The second-order valence-electron chi connectivity index (χ2n) is 4.29. The van der Waals surface area contributed by atoms with Gasteiger partial charge in [-0.1, -0.05) is 0 Å². The Kier molecular flexibility index (Phi) is 8.52. The van der Waals surface area contributed by atoms with Gasteiger partial charge < -0.3 is 13.6 Å². The number of nitrogens with one attached hydrogen (secondary N) is 1. The smallest absolute Gasteiger partial charge is 0.303 e. The maximum atomic E-state index is 14.9. The van der Waals surface area contributed by atoms with Crippen LogP contribution in [0.25, 0.3) is 0 Å². The largest absolute Gasteiger partial charge is 0.387 e. The summed E-state index contributed by atoms with van der Waals surface area (Å²) in [5.74, 6) is 0. The molecule has 1 aliphatic rings. The van der Waals surface area contributed by atoms with E-state index in [1.165, 1.54) is 20.8 Å². The van der Waals surface area contributed by atoms with Crippen LogP contribution in [-0.4, -0.2) is 26.1 Å². The van der Waals surface area contributed by atoms with Crippen LogP contribution in [0.2, 0.25) is 0 Å². The molecule has 4 unspecified atom stereocenters. The molecule has 1 rings (SSSR count). The Morgan fingerprint density at radius 3 is 1.42 bits per heavy atom. The van der Waals surface area contributed by atoms with Gasteiger partial charge in [-0.3, -0.25) is 0 Å². The maximum absolute atomic E-state index is 14.9. The van der Waals surface area contributed by atoms with Crippen molar-refractivity contribution in [2.45, 2.75) is 20.8 Å². The zero-order chi connectivity index (χ0) is 20.3. The topological polar surface area (TPSA) is 89.2 Å². The first kappa shape index (κ1) is 24.7. The van der Waals surface area contributed by atoms with Gasteiger partial charge in [0.2, 0.25) is 7.50 Å². The van der Waals surface area contributed by atoms with Gasteiger partial charge in [0.25, 0.3) is 0 Å². The van der Waals surface area contributed by atoms with Crippen LogP contribution in [0.5, 0.6) is 0 Å². The lowest BCUT2D eigenvalue weighted by Gasteiger charge is -2.22. The molecule has 0 saturated carbocycles. The molecule has 0 saturated heterocycles. The van der Waals surface area contributed by atoms with Gasteiger partial charge >= 0.3 is 31.1 Å². The minimum atomic E-state index is -5.98. The van der Waals surface area contributed by atoms with Gasteiger partial charge in [0, 0.05) is 0 Å². The quantitative estimate of drug-likeness (QED) is 0.299. The van der Waals surface area contributed by atoms with Crippen molar-refractivity contribution in [1.82, 2.24) is 4.86 Å². The van der Waals surface area contributed by atoms with E-state index in [9.17, 15) is 25.2 Å². The van der Waals surface area contributed by atoms with E-state index in [1.807, 2.05) is 0 Å². The highest BCUT2D eigenvalue weighted by atomic mass is 31.3. The third-order valence-electron chi connectivity index (χ3n) is 2.07. The number of hydrogen-bond acceptors (Lipinski definition) is 8. The summed E-state index contributed by atoms with van der Waals surface area (Å²) < 4.78 is 111. The SMILES string of the molecule is C=P1(F)N=P(F)(OCC)N=P(F)(OCC)N=P(F)(OCC)N=P(F)(F)N1. The molecule has 0 aromatic heterocycles. The molecule has 0 bridgehead atoms. The second-order valence-corrected chi connectivity index (χ2v) is 13.9. The molecule has 0 spiro atoms. The third kappa shape index (κ3) is 7.57. The lowest BCUT2D eigenvalue weighted by Crippen LogP contribution is -1.98. The molecular weight excluding hydrogens is 471 g/mol. The minimum absolute atomic E-state index is 0.458. The number of rotatable bonds is 6. The van der Waals surface area contributed by atoms with E-state index in [-0.39, 0.29) is 0 Å².